The summed E-state index contributed by atoms with van der Waals surface area (Å²) >= 11 is 0. The maximum atomic E-state index is 11.7. The lowest BCUT2D eigenvalue weighted by Gasteiger charge is -2.26. The van der Waals surface area contributed by atoms with Crippen LogP contribution in [0.2, 0.25) is 0 Å². The van der Waals surface area contributed by atoms with E-state index in [0.717, 1.165) is 6.42 Å². The summed E-state index contributed by atoms with van der Waals surface area (Å²) in [6.07, 6.45) is 1.09. The van der Waals surface area contributed by atoms with Gasteiger partial charge in [-0.3, -0.25) is 9.69 Å². The van der Waals surface area contributed by atoms with Gasteiger partial charge in [-0.25, -0.2) is 0 Å². The minimum Gasteiger partial charge on any atom is -0.298 e. The molecule has 2 heteroatoms. The highest BCUT2D eigenvalue weighted by molar-refractivity contribution is 5.85. The molecule has 0 aliphatic heterocycles. The van der Waals surface area contributed by atoms with Crippen molar-refractivity contribution in [1.82, 2.24) is 4.90 Å². The van der Waals surface area contributed by atoms with Gasteiger partial charge in [0.05, 0.1) is 6.54 Å². The van der Waals surface area contributed by atoms with Gasteiger partial charge in [-0.05, 0) is 20.4 Å². The molecule has 0 saturated carbocycles. The van der Waals surface area contributed by atoms with Crippen LogP contribution in [0.1, 0.15) is 41.0 Å². The number of nitrogens with zero attached hydrogens (tertiary/aromatic N) is 1. The highest BCUT2D eigenvalue weighted by Crippen LogP contribution is 2.15. The summed E-state index contributed by atoms with van der Waals surface area (Å²) in [7, 11) is 2.01. The predicted octanol–water partition coefficient (Wildman–Crippen LogP) is 2.33. The van der Waals surface area contributed by atoms with Gasteiger partial charge in [0, 0.05) is 11.5 Å². The van der Waals surface area contributed by atoms with Crippen molar-refractivity contribution in [3.63, 3.8) is 0 Å². The quantitative estimate of drug-likeness (QED) is 0.670. The van der Waals surface area contributed by atoms with E-state index in [1.54, 1.807) is 0 Å². The van der Waals surface area contributed by atoms with Crippen LogP contribution in [-0.4, -0.2) is 30.3 Å². The highest BCUT2D eigenvalue weighted by Gasteiger charge is 2.23. The second kappa shape index (κ2) is 4.75. The van der Waals surface area contributed by atoms with Gasteiger partial charge in [0.1, 0.15) is 0 Å². The molecule has 1 unspecified atom stereocenters. The number of hydrogen-bond acceptors (Lipinski definition) is 2. The van der Waals surface area contributed by atoms with E-state index in [0.29, 0.717) is 18.4 Å². The maximum absolute atomic E-state index is 11.7. The number of carbonyl (C=O) groups excluding carboxylic acids is 1. The molecule has 0 heterocycles. The van der Waals surface area contributed by atoms with Crippen LogP contribution in [0.25, 0.3) is 0 Å². The first-order chi connectivity index (χ1) is 5.79. The first kappa shape index (κ1) is 12.6. The van der Waals surface area contributed by atoms with Crippen molar-refractivity contribution in [2.24, 2.45) is 5.41 Å². The second-order valence-electron chi connectivity index (χ2n) is 4.85. The number of Topliss-reactive ketones (excluding diaryl/α,β-unsaturated/α-hetero) is 1. The largest absolute Gasteiger partial charge is 0.298 e. The minimum absolute atomic E-state index is 0.207. The number of carbonyl (C=O) groups is 1. The van der Waals surface area contributed by atoms with Crippen LogP contribution in [0, 0.1) is 5.41 Å². The lowest BCUT2D eigenvalue weighted by molar-refractivity contribution is -0.127. The Bertz CT molecular complexity index is 169. The Balaban J connectivity index is 4.07. The number of likely N-dealkylation sites (N-methyl/N-ethyl adjacent to an activating group) is 1. The van der Waals surface area contributed by atoms with E-state index in [1.807, 2.05) is 27.8 Å². The van der Waals surface area contributed by atoms with Gasteiger partial charge >= 0.3 is 0 Å². The van der Waals surface area contributed by atoms with Crippen molar-refractivity contribution in [2.75, 3.05) is 13.6 Å². The molecule has 0 aromatic carbocycles. The van der Waals surface area contributed by atoms with E-state index in [-0.39, 0.29) is 5.41 Å². The molecule has 2 nitrogen and oxygen atoms in total. The molecule has 1 atom stereocenters. The number of rotatable bonds is 4. The van der Waals surface area contributed by atoms with Crippen LogP contribution in [0.4, 0.5) is 0 Å². The summed E-state index contributed by atoms with van der Waals surface area (Å²) in [6, 6.07) is 0.492. The summed E-state index contributed by atoms with van der Waals surface area (Å²) in [5.74, 6) is 0.315. The lowest BCUT2D eigenvalue weighted by atomic mass is 9.90. The average Bonchev–Trinajstić information content (AvgIpc) is 2.01. The molecule has 13 heavy (non-hydrogen) atoms. The Morgan fingerprint density at radius 3 is 2.15 bits per heavy atom. The summed E-state index contributed by atoms with van der Waals surface area (Å²) in [5, 5.41) is 0. The second-order valence-corrected chi connectivity index (χ2v) is 4.85. The molecule has 0 radical (unpaired) electrons. The molecule has 78 valence electrons. The van der Waals surface area contributed by atoms with Crippen LogP contribution < -0.4 is 0 Å². The molecule has 0 amide bonds. The van der Waals surface area contributed by atoms with Crippen LogP contribution in [0.5, 0.6) is 0 Å². The molecule has 0 fully saturated rings. The standard InChI is InChI=1S/C11H23NO/c1-7-9(2)12(6)8-10(13)11(3,4)5/h9H,7-8H2,1-6H3. The SMILES string of the molecule is CCC(C)N(C)CC(=O)C(C)(C)C. The first-order valence-electron chi connectivity index (χ1n) is 5.02. The predicted molar refractivity (Wildman–Crippen MR) is 56.8 cm³/mol. The number of hydrogen-bond donors (Lipinski definition) is 0. The fourth-order valence-corrected chi connectivity index (χ4v) is 0.931. The van der Waals surface area contributed by atoms with E-state index in [4.69, 9.17) is 0 Å². The Hall–Kier alpha value is -0.370. The molecular formula is C11H23NO. The van der Waals surface area contributed by atoms with E-state index in [2.05, 4.69) is 18.7 Å². The van der Waals surface area contributed by atoms with Crippen molar-refractivity contribution in [3.05, 3.63) is 0 Å². The monoisotopic (exact) mass is 185 g/mol. The third-order valence-electron chi connectivity index (χ3n) is 2.57. The summed E-state index contributed by atoms with van der Waals surface area (Å²) < 4.78 is 0. The normalized spacial score (nSPS) is 14.7. The van der Waals surface area contributed by atoms with Gasteiger partial charge in [0.15, 0.2) is 5.78 Å². The third-order valence-corrected chi connectivity index (χ3v) is 2.57. The molecule has 0 saturated heterocycles. The van der Waals surface area contributed by atoms with Gasteiger partial charge in [0.25, 0.3) is 0 Å². The molecule has 0 aromatic rings. The Morgan fingerprint density at radius 2 is 1.85 bits per heavy atom. The van der Waals surface area contributed by atoms with E-state index in [1.165, 1.54) is 0 Å². The van der Waals surface area contributed by atoms with E-state index < -0.39 is 0 Å². The maximum Gasteiger partial charge on any atom is 0.152 e. The molecule has 0 aromatic heterocycles. The summed E-state index contributed by atoms with van der Waals surface area (Å²) in [5.41, 5.74) is -0.207. The van der Waals surface area contributed by atoms with Gasteiger partial charge < -0.3 is 0 Å². The Kier molecular flexibility index (Phi) is 4.62. The van der Waals surface area contributed by atoms with Gasteiger partial charge in [0.2, 0.25) is 0 Å². The van der Waals surface area contributed by atoms with Crippen molar-refractivity contribution >= 4 is 5.78 Å². The molecule has 0 rings (SSSR count). The van der Waals surface area contributed by atoms with Gasteiger partial charge in [-0.2, -0.15) is 0 Å². The molecule has 0 bridgehead atoms. The first-order valence-corrected chi connectivity index (χ1v) is 5.02. The van der Waals surface area contributed by atoms with Crippen LogP contribution >= 0.6 is 0 Å². The third kappa shape index (κ3) is 4.41. The van der Waals surface area contributed by atoms with Crippen molar-refractivity contribution in [1.29, 1.82) is 0 Å². The van der Waals surface area contributed by atoms with E-state index >= 15 is 0 Å². The fraction of sp³-hybridized carbons (Fsp3) is 0.909. The molecule has 0 spiro atoms. The van der Waals surface area contributed by atoms with Crippen LogP contribution in [0.15, 0.2) is 0 Å². The van der Waals surface area contributed by atoms with Gasteiger partial charge in [-0.15, -0.1) is 0 Å². The summed E-state index contributed by atoms with van der Waals surface area (Å²) in [6.45, 7) is 10.8. The highest BCUT2D eigenvalue weighted by atomic mass is 16.1. The van der Waals surface area contributed by atoms with Crippen molar-refractivity contribution in [2.45, 2.75) is 47.1 Å². The van der Waals surface area contributed by atoms with Gasteiger partial charge in [-0.1, -0.05) is 27.7 Å². The lowest BCUT2D eigenvalue weighted by Crippen LogP contribution is -2.38. The molecule has 0 aliphatic rings. The zero-order chi connectivity index (χ0) is 10.6. The average molecular weight is 185 g/mol. The van der Waals surface area contributed by atoms with Crippen LogP contribution in [-0.2, 0) is 4.79 Å². The molecular weight excluding hydrogens is 162 g/mol. The van der Waals surface area contributed by atoms with Crippen molar-refractivity contribution in [3.8, 4) is 0 Å². The zero-order valence-corrected chi connectivity index (χ0v) is 9.85. The molecule has 0 N–H and O–H groups in total. The zero-order valence-electron chi connectivity index (χ0n) is 9.85. The number of ketones is 1. The van der Waals surface area contributed by atoms with E-state index in [9.17, 15) is 4.79 Å². The van der Waals surface area contributed by atoms with Crippen LogP contribution in [0.3, 0.4) is 0 Å². The molecule has 0 aliphatic carbocycles. The topological polar surface area (TPSA) is 20.3 Å². The van der Waals surface area contributed by atoms with Crippen molar-refractivity contribution < 1.29 is 4.79 Å². The minimum atomic E-state index is -0.207. The summed E-state index contributed by atoms with van der Waals surface area (Å²) in [4.78, 5) is 13.8. The fourth-order valence-electron chi connectivity index (χ4n) is 0.931. The Morgan fingerprint density at radius 1 is 1.38 bits per heavy atom. The smallest absolute Gasteiger partial charge is 0.152 e. The Labute approximate surface area is 82.3 Å².